The Morgan fingerprint density at radius 1 is 1.32 bits per heavy atom. The smallest absolute Gasteiger partial charge is 0.132 e. The minimum absolute atomic E-state index is 0.00431. The molecule has 0 atom stereocenters. The highest BCUT2D eigenvalue weighted by molar-refractivity contribution is 5.44. The highest BCUT2D eigenvalue weighted by Gasteiger charge is 2.31. The first-order chi connectivity index (χ1) is 9.17. The number of nitrogen functional groups attached to an aromatic ring is 1. The number of hydrogen-bond donors (Lipinski definition) is 3. The summed E-state index contributed by atoms with van der Waals surface area (Å²) < 4.78 is 0. The van der Waals surface area contributed by atoms with E-state index < -0.39 is 0 Å². The van der Waals surface area contributed by atoms with Crippen LogP contribution in [-0.2, 0) is 6.42 Å². The lowest BCUT2D eigenvalue weighted by molar-refractivity contribution is 0.0943. The third kappa shape index (κ3) is 3.56. The Balaban J connectivity index is 2.02. The predicted octanol–water partition coefficient (Wildman–Crippen LogP) is 1.98. The predicted molar refractivity (Wildman–Crippen MR) is 76.9 cm³/mol. The maximum absolute atomic E-state index is 9.68. The molecule has 5 nitrogen and oxygen atoms in total. The molecule has 1 fully saturated rings. The van der Waals surface area contributed by atoms with Gasteiger partial charge in [-0.2, -0.15) is 0 Å². The van der Waals surface area contributed by atoms with Gasteiger partial charge in [0.25, 0.3) is 0 Å². The molecule has 0 aliphatic heterocycles. The van der Waals surface area contributed by atoms with Crippen molar-refractivity contribution in [2.75, 3.05) is 24.2 Å². The molecule has 1 saturated carbocycles. The third-order valence-corrected chi connectivity index (χ3v) is 4.00. The molecule has 0 bridgehead atoms. The van der Waals surface area contributed by atoms with Crippen molar-refractivity contribution >= 4 is 11.6 Å². The van der Waals surface area contributed by atoms with Crippen LogP contribution in [0.2, 0.25) is 0 Å². The number of aliphatic hydroxyl groups is 1. The summed E-state index contributed by atoms with van der Waals surface area (Å²) in [6.07, 6.45) is 6.62. The summed E-state index contributed by atoms with van der Waals surface area (Å²) in [4.78, 5) is 8.58. The molecule has 19 heavy (non-hydrogen) atoms. The van der Waals surface area contributed by atoms with Gasteiger partial charge in [-0.05, 0) is 12.8 Å². The van der Waals surface area contributed by atoms with Gasteiger partial charge in [0.2, 0.25) is 0 Å². The van der Waals surface area contributed by atoms with E-state index in [0.717, 1.165) is 37.4 Å². The van der Waals surface area contributed by atoms with Crippen molar-refractivity contribution in [2.24, 2.45) is 5.41 Å². The molecule has 0 spiro atoms. The number of aliphatic hydroxyl groups excluding tert-OH is 1. The fourth-order valence-electron chi connectivity index (χ4n) is 2.74. The van der Waals surface area contributed by atoms with Gasteiger partial charge in [0.05, 0.1) is 6.61 Å². The first-order valence-corrected chi connectivity index (χ1v) is 7.16. The number of nitrogens with one attached hydrogen (secondary N) is 1. The molecule has 5 heteroatoms. The van der Waals surface area contributed by atoms with Crippen LogP contribution in [0.3, 0.4) is 0 Å². The second-order valence-corrected chi connectivity index (χ2v) is 5.52. The molecular weight excluding hydrogens is 240 g/mol. The van der Waals surface area contributed by atoms with E-state index in [-0.39, 0.29) is 12.0 Å². The molecule has 1 heterocycles. The summed E-state index contributed by atoms with van der Waals surface area (Å²) >= 11 is 0. The molecule has 0 unspecified atom stereocenters. The van der Waals surface area contributed by atoms with Gasteiger partial charge in [-0.15, -0.1) is 0 Å². The first-order valence-electron chi connectivity index (χ1n) is 7.16. The Kier molecular flexibility index (Phi) is 4.58. The lowest BCUT2D eigenvalue weighted by Gasteiger charge is -2.35. The molecule has 0 saturated heterocycles. The van der Waals surface area contributed by atoms with Crippen molar-refractivity contribution in [1.29, 1.82) is 0 Å². The molecule has 106 valence electrons. The molecule has 4 N–H and O–H groups in total. The average Bonchev–Trinajstić information content (AvgIpc) is 2.45. The summed E-state index contributed by atoms with van der Waals surface area (Å²) in [5.74, 6) is 2.02. The molecule has 0 amide bonds. The van der Waals surface area contributed by atoms with E-state index in [2.05, 4.69) is 15.3 Å². The van der Waals surface area contributed by atoms with Crippen LogP contribution in [0.4, 0.5) is 11.6 Å². The van der Waals surface area contributed by atoms with Crippen LogP contribution in [0.1, 0.15) is 44.9 Å². The van der Waals surface area contributed by atoms with Crippen LogP contribution < -0.4 is 11.1 Å². The quantitative estimate of drug-likeness (QED) is 0.757. The minimum Gasteiger partial charge on any atom is -0.396 e. The molecule has 0 aromatic carbocycles. The fourth-order valence-corrected chi connectivity index (χ4v) is 2.74. The molecule has 1 aliphatic carbocycles. The topological polar surface area (TPSA) is 84.1 Å². The first kappa shape index (κ1) is 14.1. The van der Waals surface area contributed by atoms with Gasteiger partial charge in [0, 0.05) is 24.4 Å². The van der Waals surface area contributed by atoms with Crippen molar-refractivity contribution in [3.63, 3.8) is 0 Å². The zero-order valence-corrected chi connectivity index (χ0v) is 11.7. The van der Waals surface area contributed by atoms with Gasteiger partial charge in [-0.25, -0.2) is 9.97 Å². The van der Waals surface area contributed by atoms with Crippen molar-refractivity contribution in [3.05, 3.63) is 11.9 Å². The van der Waals surface area contributed by atoms with Crippen LogP contribution in [0.5, 0.6) is 0 Å². The number of rotatable bonds is 5. The number of nitrogens with zero attached hydrogens (tertiary/aromatic N) is 2. The SMILES string of the molecule is CCc1nc(N)cc(NCC2(CO)CCCCC2)n1. The third-order valence-electron chi connectivity index (χ3n) is 4.00. The molecule has 2 rings (SSSR count). The van der Waals surface area contributed by atoms with Gasteiger partial charge in [0.15, 0.2) is 0 Å². The number of anilines is 2. The van der Waals surface area contributed by atoms with E-state index in [9.17, 15) is 5.11 Å². The maximum atomic E-state index is 9.68. The fraction of sp³-hybridized carbons (Fsp3) is 0.714. The van der Waals surface area contributed by atoms with Crippen molar-refractivity contribution < 1.29 is 5.11 Å². The van der Waals surface area contributed by atoms with Gasteiger partial charge in [-0.3, -0.25) is 0 Å². The maximum Gasteiger partial charge on any atom is 0.132 e. The molecule has 1 aromatic rings. The molecule has 1 aromatic heterocycles. The number of hydrogen-bond acceptors (Lipinski definition) is 5. The molecule has 1 aliphatic rings. The Labute approximate surface area is 114 Å². The van der Waals surface area contributed by atoms with Crippen LogP contribution in [0, 0.1) is 5.41 Å². The van der Waals surface area contributed by atoms with Gasteiger partial charge in [0.1, 0.15) is 17.5 Å². The summed E-state index contributed by atoms with van der Waals surface area (Å²) in [6.45, 7) is 3.00. The summed E-state index contributed by atoms with van der Waals surface area (Å²) in [7, 11) is 0. The van der Waals surface area contributed by atoms with Crippen LogP contribution in [0.25, 0.3) is 0 Å². The molecular formula is C14H24N4O. The lowest BCUT2D eigenvalue weighted by Crippen LogP contribution is -2.35. The lowest BCUT2D eigenvalue weighted by atomic mass is 9.74. The zero-order valence-electron chi connectivity index (χ0n) is 11.7. The van der Waals surface area contributed by atoms with Crippen LogP contribution in [0.15, 0.2) is 6.07 Å². The summed E-state index contributed by atoms with van der Waals surface area (Å²) in [5, 5.41) is 13.0. The van der Waals surface area contributed by atoms with E-state index in [1.54, 1.807) is 6.07 Å². The molecule has 0 radical (unpaired) electrons. The number of aryl methyl sites for hydroxylation is 1. The highest BCUT2D eigenvalue weighted by Crippen LogP contribution is 2.35. The van der Waals surface area contributed by atoms with Gasteiger partial charge in [-0.1, -0.05) is 26.2 Å². The summed E-state index contributed by atoms with van der Waals surface area (Å²) in [5.41, 5.74) is 5.77. The van der Waals surface area contributed by atoms with Gasteiger partial charge >= 0.3 is 0 Å². The van der Waals surface area contributed by atoms with E-state index in [1.165, 1.54) is 19.3 Å². The van der Waals surface area contributed by atoms with Crippen LogP contribution >= 0.6 is 0 Å². The largest absolute Gasteiger partial charge is 0.396 e. The number of aromatic nitrogens is 2. The minimum atomic E-state index is 0.00431. The normalized spacial score (nSPS) is 18.2. The zero-order chi connectivity index (χ0) is 13.7. The van der Waals surface area contributed by atoms with Crippen LogP contribution in [-0.4, -0.2) is 28.2 Å². The van der Waals surface area contributed by atoms with E-state index in [4.69, 9.17) is 5.73 Å². The second kappa shape index (κ2) is 6.19. The van der Waals surface area contributed by atoms with Gasteiger partial charge < -0.3 is 16.2 Å². The average molecular weight is 264 g/mol. The number of nitrogens with two attached hydrogens (primary N) is 1. The Morgan fingerprint density at radius 3 is 2.68 bits per heavy atom. The Bertz CT molecular complexity index is 416. The second-order valence-electron chi connectivity index (χ2n) is 5.52. The standard InChI is InChI=1S/C14H24N4O/c1-2-12-17-11(15)8-13(18-12)16-9-14(10-19)6-4-3-5-7-14/h8,19H,2-7,9-10H2,1H3,(H3,15,16,17,18). The monoisotopic (exact) mass is 264 g/mol. The highest BCUT2D eigenvalue weighted by atomic mass is 16.3. The summed E-state index contributed by atoms with van der Waals surface area (Å²) in [6, 6.07) is 1.76. The van der Waals surface area contributed by atoms with Crippen molar-refractivity contribution in [3.8, 4) is 0 Å². The van der Waals surface area contributed by atoms with E-state index in [0.29, 0.717) is 5.82 Å². The Hall–Kier alpha value is -1.36. The van der Waals surface area contributed by atoms with E-state index >= 15 is 0 Å². The van der Waals surface area contributed by atoms with Crippen molar-refractivity contribution in [2.45, 2.75) is 45.4 Å². The Morgan fingerprint density at radius 2 is 2.05 bits per heavy atom. The van der Waals surface area contributed by atoms with Crippen molar-refractivity contribution in [1.82, 2.24) is 9.97 Å². The van der Waals surface area contributed by atoms with E-state index in [1.807, 2.05) is 6.92 Å².